The van der Waals surface area contributed by atoms with Crippen molar-refractivity contribution in [3.05, 3.63) is 0 Å². The summed E-state index contributed by atoms with van der Waals surface area (Å²) in [5, 5.41) is 8.99. The molecule has 1 aliphatic heterocycles. The van der Waals surface area contributed by atoms with E-state index in [-0.39, 0.29) is 24.8 Å². The van der Waals surface area contributed by atoms with Gasteiger partial charge in [-0.15, -0.1) is 24.8 Å². The highest BCUT2D eigenvalue weighted by molar-refractivity contribution is 5.85. The van der Waals surface area contributed by atoms with Crippen LogP contribution >= 0.6 is 24.8 Å². The molecule has 0 amide bonds. The quantitative estimate of drug-likeness (QED) is 0.839. The summed E-state index contributed by atoms with van der Waals surface area (Å²) in [4.78, 5) is 15.4. The van der Waals surface area contributed by atoms with Crippen LogP contribution < -0.4 is 0 Å². The molecular formula is C10H22Cl2N2O2. The van der Waals surface area contributed by atoms with E-state index in [4.69, 9.17) is 5.11 Å². The molecule has 98 valence electrons. The van der Waals surface area contributed by atoms with Crippen molar-refractivity contribution in [1.82, 2.24) is 9.80 Å². The zero-order valence-electron chi connectivity index (χ0n) is 10.1. The topological polar surface area (TPSA) is 43.8 Å². The molecule has 1 aliphatic rings. The first-order valence-corrected chi connectivity index (χ1v) is 5.06. The van der Waals surface area contributed by atoms with E-state index in [2.05, 4.69) is 16.8 Å². The highest BCUT2D eigenvalue weighted by atomic mass is 35.5. The van der Waals surface area contributed by atoms with Crippen LogP contribution in [0.4, 0.5) is 0 Å². The van der Waals surface area contributed by atoms with E-state index in [0.717, 1.165) is 26.2 Å². The molecule has 0 bridgehead atoms. The Morgan fingerprint density at radius 1 is 1.19 bits per heavy atom. The van der Waals surface area contributed by atoms with Gasteiger partial charge in [0.25, 0.3) is 0 Å². The molecule has 0 aliphatic carbocycles. The SMILES string of the molecule is CN1CCN(CC(C)(C)C(=O)O)CC1.Cl.Cl. The molecule has 1 N–H and O–H groups in total. The lowest BCUT2D eigenvalue weighted by Crippen LogP contribution is -2.49. The van der Waals surface area contributed by atoms with E-state index in [9.17, 15) is 4.79 Å². The Kier molecular flexibility index (Phi) is 8.40. The predicted molar refractivity (Wildman–Crippen MR) is 69.8 cm³/mol. The summed E-state index contributed by atoms with van der Waals surface area (Å²) in [5.74, 6) is -0.712. The Labute approximate surface area is 110 Å². The molecule has 4 nitrogen and oxygen atoms in total. The van der Waals surface area contributed by atoms with Crippen LogP contribution in [0.5, 0.6) is 0 Å². The van der Waals surface area contributed by atoms with Crippen LogP contribution in [0.2, 0.25) is 0 Å². The number of hydrogen-bond acceptors (Lipinski definition) is 3. The Morgan fingerprint density at radius 2 is 1.62 bits per heavy atom. The number of carbonyl (C=O) groups is 1. The fourth-order valence-electron chi connectivity index (χ4n) is 1.63. The van der Waals surface area contributed by atoms with Gasteiger partial charge in [0.15, 0.2) is 0 Å². The van der Waals surface area contributed by atoms with Gasteiger partial charge in [0.1, 0.15) is 0 Å². The Bertz CT molecular complexity index is 217. The molecule has 1 rings (SSSR count). The van der Waals surface area contributed by atoms with Crippen molar-refractivity contribution < 1.29 is 9.90 Å². The van der Waals surface area contributed by atoms with Crippen LogP contribution in [0.1, 0.15) is 13.8 Å². The third-order valence-electron chi connectivity index (χ3n) is 2.79. The van der Waals surface area contributed by atoms with Crippen molar-refractivity contribution in [3.63, 3.8) is 0 Å². The molecule has 0 aromatic carbocycles. The third-order valence-corrected chi connectivity index (χ3v) is 2.79. The Balaban J connectivity index is 0. The number of piperazine rings is 1. The maximum absolute atomic E-state index is 10.9. The van der Waals surface area contributed by atoms with Gasteiger partial charge in [0.05, 0.1) is 5.41 Å². The molecule has 0 unspecified atom stereocenters. The normalized spacial score (nSPS) is 18.4. The van der Waals surface area contributed by atoms with Crippen molar-refractivity contribution in [2.24, 2.45) is 5.41 Å². The van der Waals surface area contributed by atoms with E-state index in [1.807, 2.05) is 0 Å². The fourth-order valence-corrected chi connectivity index (χ4v) is 1.63. The van der Waals surface area contributed by atoms with Crippen LogP contribution in [0, 0.1) is 5.41 Å². The van der Waals surface area contributed by atoms with Gasteiger partial charge in [-0.3, -0.25) is 9.69 Å². The van der Waals surface area contributed by atoms with Crippen molar-refractivity contribution in [2.75, 3.05) is 39.8 Å². The second-order valence-corrected chi connectivity index (χ2v) is 4.77. The van der Waals surface area contributed by atoms with Crippen LogP contribution in [-0.4, -0.2) is 60.6 Å². The summed E-state index contributed by atoms with van der Waals surface area (Å²) in [5.41, 5.74) is -0.629. The molecule has 0 aromatic heterocycles. The fraction of sp³-hybridized carbons (Fsp3) is 0.900. The van der Waals surface area contributed by atoms with Crippen molar-refractivity contribution in [3.8, 4) is 0 Å². The van der Waals surface area contributed by atoms with Gasteiger partial charge in [0.2, 0.25) is 0 Å². The van der Waals surface area contributed by atoms with E-state index < -0.39 is 11.4 Å². The number of carboxylic acids is 1. The summed E-state index contributed by atoms with van der Waals surface area (Å²) in [6, 6.07) is 0. The molecular weight excluding hydrogens is 251 g/mol. The van der Waals surface area contributed by atoms with E-state index >= 15 is 0 Å². The second kappa shape index (κ2) is 7.33. The van der Waals surface area contributed by atoms with Gasteiger partial charge in [0, 0.05) is 32.7 Å². The zero-order chi connectivity index (χ0) is 10.8. The maximum atomic E-state index is 10.9. The number of rotatable bonds is 3. The first-order chi connectivity index (χ1) is 6.42. The number of hydrogen-bond donors (Lipinski definition) is 1. The van der Waals surface area contributed by atoms with Gasteiger partial charge in [-0.25, -0.2) is 0 Å². The molecule has 0 atom stereocenters. The summed E-state index contributed by atoms with van der Waals surface area (Å²) >= 11 is 0. The van der Waals surface area contributed by atoms with Crippen LogP contribution in [-0.2, 0) is 4.79 Å². The van der Waals surface area contributed by atoms with E-state index in [1.54, 1.807) is 13.8 Å². The largest absolute Gasteiger partial charge is 0.481 e. The Morgan fingerprint density at radius 3 is 2.00 bits per heavy atom. The molecule has 0 spiro atoms. The number of aliphatic carboxylic acids is 1. The first-order valence-electron chi connectivity index (χ1n) is 5.06. The van der Waals surface area contributed by atoms with Gasteiger partial charge >= 0.3 is 5.97 Å². The minimum absolute atomic E-state index is 0. The van der Waals surface area contributed by atoms with E-state index in [1.165, 1.54) is 0 Å². The summed E-state index contributed by atoms with van der Waals surface area (Å²) in [6.07, 6.45) is 0. The number of halogens is 2. The lowest BCUT2D eigenvalue weighted by atomic mass is 9.93. The summed E-state index contributed by atoms with van der Waals surface area (Å²) < 4.78 is 0. The van der Waals surface area contributed by atoms with Crippen molar-refractivity contribution in [1.29, 1.82) is 0 Å². The van der Waals surface area contributed by atoms with Crippen molar-refractivity contribution >= 4 is 30.8 Å². The minimum atomic E-state index is -0.712. The summed E-state index contributed by atoms with van der Waals surface area (Å²) in [7, 11) is 2.10. The number of nitrogens with zero attached hydrogens (tertiary/aromatic N) is 2. The monoisotopic (exact) mass is 272 g/mol. The number of likely N-dealkylation sites (N-methyl/N-ethyl adjacent to an activating group) is 1. The molecule has 0 radical (unpaired) electrons. The lowest BCUT2D eigenvalue weighted by molar-refractivity contribution is -0.148. The van der Waals surface area contributed by atoms with Gasteiger partial charge < -0.3 is 10.0 Å². The minimum Gasteiger partial charge on any atom is -0.481 e. The smallest absolute Gasteiger partial charge is 0.310 e. The van der Waals surface area contributed by atoms with Gasteiger partial charge in [-0.2, -0.15) is 0 Å². The lowest BCUT2D eigenvalue weighted by Gasteiger charge is -2.35. The van der Waals surface area contributed by atoms with Gasteiger partial charge in [-0.1, -0.05) is 0 Å². The van der Waals surface area contributed by atoms with Crippen LogP contribution in [0.15, 0.2) is 0 Å². The standard InChI is InChI=1S/C10H20N2O2.2ClH/c1-10(2,9(13)14)8-12-6-4-11(3)5-7-12;;/h4-8H2,1-3H3,(H,13,14);2*1H. The van der Waals surface area contributed by atoms with E-state index in [0.29, 0.717) is 6.54 Å². The Hall–Kier alpha value is -0.0300. The zero-order valence-corrected chi connectivity index (χ0v) is 11.7. The van der Waals surface area contributed by atoms with Gasteiger partial charge in [-0.05, 0) is 20.9 Å². The first kappa shape index (κ1) is 18.3. The molecule has 6 heteroatoms. The second-order valence-electron chi connectivity index (χ2n) is 4.77. The highest BCUT2D eigenvalue weighted by Gasteiger charge is 2.30. The molecule has 1 fully saturated rings. The highest BCUT2D eigenvalue weighted by Crippen LogP contribution is 2.17. The predicted octanol–water partition coefficient (Wildman–Crippen LogP) is 1.19. The molecule has 0 aromatic rings. The van der Waals surface area contributed by atoms with Crippen LogP contribution in [0.25, 0.3) is 0 Å². The number of carboxylic acid groups (broad SMARTS) is 1. The van der Waals surface area contributed by atoms with Crippen molar-refractivity contribution in [2.45, 2.75) is 13.8 Å². The summed E-state index contributed by atoms with van der Waals surface area (Å²) in [6.45, 7) is 8.25. The average Bonchev–Trinajstić information content (AvgIpc) is 2.08. The molecule has 1 heterocycles. The molecule has 0 saturated carbocycles. The van der Waals surface area contributed by atoms with Crippen LogP contribution in [0.3, 0.4) is 0 Å². The third kappa shape index (κ3) is 5.34. The maximum Gasteiger partial charge on any atom is 0.310 e. The molecule has 16 heavy (non-hydrogen) atoms. The molecule has 1 saturated heterocycles. The average molecular weight is 273 g/mol.